The van der Waals surface area contributed by atoms with Crippen LogP contribution in [0.25, 0.3) is 0 Å². The third-order valence-electron chi connectivity index (χ3n) is 2.59. The van der Waals surface area contributed by atoms with E-state index in [0.717, 1.165) is 0 Å². The van der Waals surface area contributed by atoms with Gasteiger partial charge in [0.25, 0.3) is 0 Å². The number of alkyl carbamates (subject to hydrolysis) is 1. The van der Waals surface area contributed by atoms with Gasteiger partial charge in [0.2, 0.25) is 0 Å². The number of benzene rings is 1. The predicted molar refractivity (Wildman–Crippen MR) is 86.0 cm³/mol. The van der Waals surface area contributed by atoms with Crippen LogP contribution in [0.4, 0.5) is 23.7 Å². The molecule has 1 aromatic carbocycles. The molecule has 0 bridgehead atoms. The van der Waals surface area contributed by atoms with Gasteiger partial charge in [0.1, 0.15) is 11.3 Å². The molecule has 1 aromatic rings. The summed E-state index contributed by atoms with van der Waals surface area (Å²) >= 11 is 0. The summed E-state index contributed by atoms with van der Waals surface area (Å²) in [5, 5.41) is 20.0. The Bertz CT molecular complexity index is 728. The number of hydrogen-bond acceptors (Lipinski definition) is 5. The minimum absolute atomic E-state index is 0.0169. The Kier molecular flexibility index (Phi) is 6.17. The van der Waals surface area contributed by atoms with Gasteiger partial charge in [-0.05, 0) is 39.0 Å². The average Bonchev–Trinajstić information content (AvgIpc) is 2.48. The van der Waals surface area contributed by atoms with Crippen molar-refractivity contribution < 1.29 is 22.7 Å². The lowest BCUT2D eigenvalue weighted by Crippen LogP contribution is -2.35. The molecule has 0 atom stereocenters. The Morgan fingerprint density at radius 3 is 2.44 bits per heavy atom. The predicted octanol–water partition coefficient (Wildman–Crippen LogP) is 3.92. The number of allylic oxidation sites excluding steroid dienone is 2. The zero-order chi connectivity index (χ0) is 19.3. The molecule has 134 valence electrons. The van der Waals surface area contributed by atoms with E-state index >= 15 is 0 Å². The highest BCUT2D eigenvalue weighted by atomic mass is 19.4. The van der Waals surface area contributed by atoms with Crippen molar-refractivity contribution in [1.82, 2.24) is 5.32 Å². The first-order valence-corrected chi connectivity index (χ1v) is 7.05. The maximum absolute atomic E-state index is 13.3. The SMILES string of the molecule is CC(C)(C)OC(=O)N/C(C=N)=C(/Nc1cccc(C#N)c1)C(F)(F)F. The average molecular weight is 354 g/mol. The zero-order valence-corrected chi connectivity index (χ0v) is 13.8. The summed E-state index contributed by atoms with van der Waals surface area (Å²) in [5.74, 6) is 0. The highest BCUT2D eigenvalue weighted by molar-refractivity contribution is 5.85. The first-order valence-electron chi connectivity index (χ1n) is 7.05. The van der Waals surface area contributed by atoms with Crippen LogP contribution in [0, 0.1) is 16.7 Å². The minimum Gasteiger partial charge on any atom is -0.444 e. The standard InChI is InChI=1S/C16H17F3N4O2/c1-15(2,3)25-14(24)23-12(9-21)13(16(17,18)19)22-11-6-4-5-10(7-11)8-20/h4-7,9,21-22H,1-3H3,(H,23,24)/b13-12+,21-9?. The van der Waals surface area contributed by atoms with E-state index in [-0.39, 0.29) is 11.3 Å². The van der Waals surface area contributed by atoms with Crippen molar-refractivity contribution in [3.8, 4) is 6.07 Å². The largest absolute Gasteiger partial charge is 0.444 e. The molecule has 0 spiro atoms. The van der Waals surface area contributed by atoms with Crippen LogP contribution < -0.4 is 10.6 Å². The second-order valence-corrected chi connectivity index (χ2v) is 5.88. The molecule has 1 rings (SSSR count). The fourth-order valence-corrected chi connectivity index (χ4v) is 1.69. The van der Waals surface area contributed by atoms with Gasteiger partial charge < -0.3 is 15.5 Å². The molecule has 0 heterocycles. The Balaban J connectivity index is 3.20. The van der Waals surface area contributed by atoms with Crippen LogP contribution in [-0.2, 0) is 4.74 Å². The van der Waals surface area contributed by atoms with Crippen molar-refractivity contribution in [2.75, 3.05) is 5.32 Å². The number of nitriles is 1. The topological polar surface area (TPSA) is 98.0 Å². The van der Waals surface area contributed by atoms with Crippen LogP contribution in [-0.4, -0.2) is 24.1 Å². The third kappa shape index (κ3) is 6.55. The molecule has 0 aromatic heterocycles. The van der Waals surface area contributed by atoms with Crippen LogP contribution in [0.15, 0.2) is 35.7 Å². The molecule has 0 aliphatic rings. The number of alkyl halides is 3. The lowest BCUT2D eigenvalue weighted by atomic mass is 10.2. The Hall–Kier alpha value is -3.02. The van der Waals surface area contributed by atoms with Gasteiger partial charge >= 0.3 is 12.3 Å². The number of nitrogens with one attached hydrogen (secondary N) is 3. The van der Waals surface area contributed by atoms with Gasteiger partial charge in [0, 0.05) is 11.9 Å². The molecular formula is C16H17F3N4O2. The van der Waals surface area contributed by atoms with E-state index in [9.17, 15) is 18.0 Å². The van der Waals surface area contributed by atoms with E-state index in [0.29, 0.717) is 6.21 Å². The van der Waals surface area contributed by atoms with Crippen molar-refractivity contribution >= 4 is 18.0 Å². The van der Waals surface area contributed by atoms with Gasteiger partial charge in [0.05, 0.1) is 17.3 Å². The second-order valence-electron chi connectivity index (χ2n) is 5.88. The molecule has 25 heavy (non-hydrogen) atoms. The quantitative estimate of drug-likeness (QED) is 0.714. The summed E-state index contributed by atoms with van der Waals surface area (Å²) in [4.78, 5) is 11.7. The molecule has 1 amide bonds. The molecule has 0 saturated heterocycles. The molecule has 0 fully saturated rings. The van der Waals surface area contributed by atoms with Gasteiger partial charge in [-0.15, -0.1) is 0 Å². The van der Waals surface area contributed by atoms with Crippen LogP contribution in [0.2, 0.25) is 0 Å². The minimum atomic E-state index is -4.88. The molecule has 0 saturated carbocycles. The monoisotopic (exact) mass is 354 g/mol. The highest BCUT2D eigenvalue weighted by Crippen LogP contribution is 2.29. The van der Waals surface area contributed by atoms with Gasteiger partial charge in [-0.2, -0.15) is 18.4 Å². The number of carbonyl (C=O) groups excluding carboxylic acids is 1. The Morgan fingerprint density at radius 1 is 1.32 bits per heavy atom. The van der Waals surface area contributed by atoms with Crippen molar-refractivity contribution in [1.29, 1.82) is 10.7 Å². The lowest BCUT2D eigenvalue weighted by Gasteiger charge is -2.22. The number of rotatable bonds is 4. The Labute approximate surface area is 142 Å². The van der Waals surface area contributed by atoms with E-state index in [1.54, 1.807) is 20.8 Å². The number of ether oxygens (including phenoxy) is 1. The first kappa shape index (κ1) is 20.0. The number of carbonyl (C=O) groups is 1. The third-order valence-corrected chi connectivity index (χ3v) is 2.59. The van der Waals surface area contributed by atoms with E-state index in [1.807, 2.05) is 11.4 Å². The van der Waals surface area contributed by atoms with Crippen molar-refractivity contribution in [3.63, 3.8) is 0 Å². The van der Waals surface area contributed by atoms with Crippen LogP contribution in [0.3, 0.4) is 0 Å². The molecule has 0 aliphatic heterocycles. The van der Waals surface area contributed by atoms with Gasteiger partial charge in [0.15, 0.2) is 0 Å². The smallest absolute Gasteiger partial charge is 0.433 e. The fourth-order valence-electron chi connectivity index (χ4n) is 1.69. The second kappa shape index (κ2) is 7.70. The molecule has 3 N–H and O–H groups in total. The zero-order valence-electron chi connectivity index (χ0n) is 13.8. The maximum Gasteiger partial charge on any atom is 0.433 e. The molecule has 0 aliphatic carbocycles. The first-order chi connectivity index (χ1) is 11.5. The number of anilines is 1. The van der Waals surface area contributed by atoms with Gasteiger partial charge in [-0.1, -0.05) is 6.07 Å². The van der Waals surface area contributed by atoms with Crippen molar-refractivity contribution in [2.45, 2.75) is 32.5 Å². The summed E-state index contributed by atoms with van der Waals surface area (Å²) in [6.07, 6.45) is -5.65. The summed E-state index contributed by atoms with van der Waals surface area (Å²) in [6.45, 7) is 4.66. The number of halogens is 3. The summed E-state index contributed by atoms with van der Waals surface area (Å²) in [5.41, 5.74) is -2.95. The fraction of sp³-hybridized carbons (Fsp3) is 0.312. The molecular weight excluding hydrogens is 337 g/mol. The normalized spacial score (nSPS) is 12.5. The van der Waals surface area contributed by atoms with Gasteiger partial charge in [-0.25, -0.2) is 4.79 Å². The number of amides is 1. The molecule has 6 nitrogen and oxygen atoms in total. The van der Waals surface area contributed by atoms with Crippen LogP contribution in [0.1, 0.15) is 26.3 Å². The summed E-state index contributed by atoms with van der Waals surface area (Å²) < 4.78 is 44.9. The molecule has 0 radical (unpaired) electrons. The highest BCUT2D eigenvalue weighted by Gasteiger charge is 2.37. The number of hydrogen-bond donors (Lipinski definition) is 3. The number of nitrogens with zero attached hydrogens (tertiary/aromatic N) is 1. The van der Waals surface area contributed by atoms with Crippen LogP contribution >= 0.6 is 0 Å². The van der Waals surface area contributed by atoms with E-state index < -0.39 is 29.3 Å². The van der Waals surface area contributed by atoms with Crippen molar-refractivity contribution in [2.24, 2.45) is 0 Å². The van der Waals surface area contributed by atoms with Crippen molar-refractivity contribution in [3.05, 3.63) is 41.2 Å². The maximum atomic E-state index is 13.3. The van der Waals surface area contributed by atoms with E-state index in [1.165, 1.54) is 24.3 Å². The molecule has 9 heteroatoms. The molecule has 0 unspecified atom stereocenters. The Morgan fingerprint density at radius 2 is 1.96 bits per heavy atom. The summed E-state index contributed by atoms with van der Waals surface area (Å²) in [6, 6.07) is 7.17. The summed E-state index contributed by atoms with van der Waals surface area (Å²) in [7, 11) is 0. The van der Waals surface area contributed by atoms with Crippen LogP contribution in [0.5, 0.6) is 0 Å². The van der Waals surface area contributed by atoms with E-state index in [2.05, 4.69) is 5.32 Å². The lowest BCUT2D eigenvalue weighted by molar-refractivity contribution is -0.0909. The van der Waals surface area contributed by atoms with E-state index in [4.69, 9.17) is 15.4 Å². The van der Waals surface area contributed by atoms with Gasteiger partial charge in [-0.3, -0.25) is 5.32 Å².